The molecule has 23 heavy (non-hydrogen) atoms. The van der Waals surface area contributed by atoms with E-state index in [0.717, 1.165) is 43.2 Å². The quantitative estimate of drug-likeness (QED) is 0.857. The molecule has 1 saturated heterocycles. The maximum absolute atomic E-state index is 12.9. The number of hydrogen-bond acceptors (Lipinski definition) is 5. The molecular weight excluding hydrogens is 295 g/mol. The van der Waals surface area contributed by atoms with E-state index in [1.165, 1.54) is 12.1 Å². The first-order valence-electron chi connectivity index (χ1n) is 7.88. The van der Waals surface area contributed by atoms with Crippen molar-refractivity contribution in [2.45, 2.75) is 32.4 Å². The molecule has 2 heterocycles. The van der Waals surface area contributed by atoms with Crippen molar-refractivity contribution in [3.63, 3.8) is 0 Å². The predicted molar refractivity (Wildman–Crippen MR) is 88.0 cm³/mol. The second-order valence-electron chi connectivity index (χ2n) is 5.68. The van der Waals surface area contributed by atoms with Crippen LogP contribution in [-0.4, -0.2) is 29.2 Å². The fourth-order valence-corrected chi connectivity index (χ4v) is 2.57. The average Bonchev–Trinajstić information content (AvgIpc) is 3.05. The Bertz CT molecular complexity index is 642. The number of nitrogens with one attached hydrogen (secondary N) is 2. The minimum Gasteiger partial charge on any atom is -0.376 e. The first-order chi connectivity index (χ1) is 11.2. The Balaban J connectivity index is 1.59. The van der Waals surface area contributed by atoms with Crippen LogP contribution in [0.25, 0.3) is 0 Å². The van der Waals surface area contributed by atoms with Crippen molar-refractivity contribution in [1.29, 1.82) is 0 Å². The van der Waals surface area contributed by atoms with Crippen molar-refractivity contribution in [2.24, 2.45) is 0 Å². The van der Waals surface area contributed by atoms with Gasteiger partial charge < -0.3 is 15.4 Å². The highest BCUT2D eigenvalue weighted by Gasteiger charge is 2.15. The Morgan fingerprint density at radius 3 is 2.61 bits per heavy atom. The van der Waals surface area contributed by atoms with Crippen LogP contribution in [0.5, 0.6) is 0 Å². The van der Waals surface area contributed by atoms with E-state index in [2.05, 4.69) is 20.6 Å². The summed E-state index contributed by atoms with van der Waals surface area (Å²) in [5, 5.41) is 6.55. The van der Waals surface area contributed by atoms with Gasteiger partial charge in [-0.25, -0.2) is 14.4 Å². The van der Waals surface area contributed by atoms with Gasteiger partial charge in [-0.1, -0.05) is 12.1 Å². The molecule has 2 aromatic rings. The molecule has 1 atom stereocenters. The van der Waals surface area contributed by atoms with Crippen LogP contribution in [0.3, 0.4) is 0 Å². The number of rotatable bonds is 6. The van der Waals surface area contributed by atoms with Crippen LogP contribution in [0.2, 0.25) is 0 Å². The van der Waals surface area contributed by atoms with Gasteiger partial charge in [0.15, 0.2) is 0 Å². The molecule has 3 rings (SSSR count). The van der Waals surface area contributed by atoms with Crippen molar-refractivity contribution in [3.05, 3.63) is 47.5 Å². The third kappa shape index (κ3) is 4.63. The Kier molecular flexibility index (Phi) is 5.02. The van der Waals surface area contributed by atoms with E-state index in [1.54, 1.807) is 12.1 Å². The van der Waals surface area contributed by atoms with Gasteiger partial charge in [0.2, 0.25) is 0 Å². The highest BCUT2D eigenvalue weighted by molar-refractivity contribution is 5.48. The lowest BCUT2D eigenvalue weighted by Crippen LogP contribution is -2.19. The van der Waals surface area contributed by atoms with Crippen LogP contribution in [0.15, 0.2) is 30.3 Å². The number of halogens is 1. The summed E-state index contributed by atoms with van der Waals surface area (Å²) < 4.78 is 18.5. The fourth-order valence-electron chi connectivity index (χ4n) is 2.57. The Morgan fingerprint density at radius 1 is 1.17 bits per heavy atom. The monoisotopic (exact) mass is 316 g/mol. The second-order valence-corrected chi connectivity index (χ2v) is 5.68. The Labute approximate surface area is 135 Å². The summed E-state index contributed by atoms with van der Waals surface area (Å²) in [5.41, 5.74) is 0.997. The lowest BCUT2D eigenvalue weighted by atomic mass is 10.2. The van der Waals surface area contributed by atoms with Crippen LogP contribution >= 0.6 is 0 Å². The van der Waals surface area contributed by atoms with Gasteiger partial charge in [-0.05, 0) is 37.5 Å². The van der Waals surface area contributed by atoms with E-state index >= 15 is 0 Å². The van der Waals surface area contributed by atoms with Crippen molar-refractivity contribution in [2.75, 3.05) is 23.8 Å². The molecule has 6 heteroatoms. The summed E-state index contributed by atoms with van der Waals surface area (Å²) in [6, 6.07) is 8.30. The predicted octanol–water partition coefficient (Wildman–Crippen LogP) is 3.13. The van der Waals surface area contributed by atoms with Crippen LogP contribution in [0.1, 0.15) is 24.2 Å². The topological polar surface area (TPSA) is 59.1 Å². The Morgan fingerprint density at radius 2 is 1.91 bits per heavy atom. The highest BCUT2D eigenvalue weighted by atomic mass is 19.1. The number of benzene rings is 1. The molecule has 0 saturated carbocycles. The Hall–Kier alpha value is -2.21. The molecule has 0 spiro atoms. The van der Waals surface area contributed by atoms with Crippen LogP contribution in [0.4, 0.5) is 16.0 Å². The zero-order valence-corrected chi connectivity index (χ0v) is 13.2. The lowest BCUT2D eigenvalue weighted by Gasteiger charge is -2.13. The number of aromatic nitrogens is 2. The molecule has 0 radical (unpaired) electrons. The minimum atomic E-state index is -0.229. The van der Waals surface area contributed by atoms with E-state index in [9.17, 15) is 4.39 Å². The minimum absolute atomic E-state index is 0.229. The smallest absolute Gasteiger partial charge is 0.132 e. The lowest BCUT2D eigenvalue weighted by molar-refractivity contribution is 0.120. The molecule has 2 N–H and O–H groups in total. The van der Waals surface area contributed by atoms with Gasteiger partial charge in [-0.2, -0.15) is 0 Å². The van der Waals surface area contributed by atoms with Crippen molar-refractivity contribution < 1.29 is 9.13 Å². The van der Waals surface area contributed by atoms with Gasteiger partial charge >= 0.3 is 0 Å². The maximum atomic E-state index is 12.9. The van der Waals surface area contributed by atoms with Gasteiger partial charge in [-0.3, -0.25) is 0 Å². The van der Waals surface area contributed by atoms with Crippen LogP contribution in [-0.2, 0) is 11.3 Å². The van der Waals surface area contributed by atoms with Gasteiger partial charge in [0.05, 0.1) is 6.10 Å². The molecule has 1 fully saturated rings. The zero-order chi connectivity index (χ0) is 16.1. The zero-order valence-electron chi connectivity index (χ0n) is 13.2. The van der Waals surface area contributed by atoms with Gasteiger partial charge in [-0.15, -0.1) is 0 Å². The highest BCUT2D eigenvalue weighted by Crippen LogP contribution is 2.16. The molecule has 1 unspecified atom stereocenters. The van der Waals surface area contributed by atoms with Gasteiger partial charge in [0.25, 0.3) is 0 Å². The van der Waals surface area contributed by atoms with E-state index in [4.69, 9.17) is 4.74 Å². The largest absolute Gasteiger partial charge is 0.376 e. The van der Waals surface area contributed by atoms with E-state index < -0.39 is 0 Å². The second kappa shape index (κ2) is 7.37. The summed E-state index contributed by atoms with van der Waals surface area (Å²) in [4.78, 5) is 8.77. The number of hydrogen-bond donors (Lipinski definition) is 2. The van der Waals surface area contributed by atoms with Gasteiger partial charge in [0, 0.05) is 25.8 Å². The van der Waals surface area contributed by atoms with E-state index in [1.807, 2.05) is 13.0 Å². The SMILES string of the molecule is Cc1nc(NCc2ccc(F)cc2)cc(NCC2CCCO2)n1. The van der Waals surface area contributed by atoms with Gasteiger partial charge in [0.1, 0.15) is 23.3 Å². The molecule has 5 nitrogen and oxygen atoms in total. The first-order valence-corrected chi connectivity index (χ1v) is 7.88. The summed E-state index contributed by atoms with van der Waals surface area (Å²) >= 11 is 0. The molecule has 0 amide bonds. The third-order valence-corrected chi connectivity index (χ3v) is 3.76. The van der Waals surface area contributed by atoms with E-state index in [0.29, 0.717) is 12.4 Å². The molecule has 0 aliphatic carbocycles. The maximum Gasteiger partial charge on any atom is 0.132 e. The summed E-state index contributed by atoms with van der Waals surface area (Å²) in [5.74, 6) is 2.00. The molecule has 1 aromatic carbocycles. The van der Waals surface area contributed by atoms with Crippen LogP contribution < -0.4 is 10.6 Å². The molecule has 1 aliphatic rings. The van der Waals surface area contributed by atoms with Crippen molar-refractivity contribution >= 4 is 11.6 Å². The molecular formula is C17H21FN4O. The average molecular weight is 316 g/mol. The first kappa shape index (κ1) is 15.7. The fraction of sp³-hybridized carbons (Fsp3) is 0.412. The van der Waals surface area contributed by atoms with Crippen LogP contribution in [0, 0.1) is 12.7 Å². The molecule has 1 aliphatic heterocycles. The number of nitrogens with zero attached hydrogens (tertiary/aromatic N) is 2. The van der Waals surface area contributed by atoms with Crippen molar-refractivity contribution in [1.82, 2.24) is 9.97 Å². The standard InChI is InChI=1S/C17H21FN4O/c1-12-21-16(19-10-13-4-6-14(18)7-5-13)9-17(22-12)20-11-15-3-2-8-23-15/h4-7,9,15H,2-3,8,10-11H2,1H3,(H2,19,20,21,22). The number of ether oxygens (including phenoxy) is 1. The molecule has 1 aromatic heterocycles. The summed E-state index contributed by atoms with van der Waals surface area (Å²) in [6.07, 6.45) is 2.48. The molecule has 122 valence electrons. The summed E-state index contributed by atoms with van der Waals surface area (Å²) in [6.45, 7) is 4.05. The number of anilines is 2. The van der Waals surface area contributed by atoms with E-state index in [-0.39, 0.29) is 11.9 Å². The van der Waals surface area contributed by atoms with Crippen molar-refractivity contribution in [3.8, 4) is 0 Å². The molecule has 0 bridgehead atoms. The third-order valence-electron chi connectivity index (χ3n) is 3.76. The number of aryl methyl sites for hydroxylation is 1. The summed E-state index contributed by atoms with van der Waals surface area (Å²) in [7, 11) is 0. The normalized spacial score (nSPS) is 17.2.